The van der Waals surface area contributed by atoms with E-state index >= 15 is 0 Å². The Balaban J connectivity index is 2.66. The van der Waals surface area contributed by atoms with E-state index in [0.717, 1.165) is 6.07 Å². The molecule has 0 aliphatic rings. The van der Waals surface area contributed by atoms with Gasteiger partial charge in [-0.1, -0.05) is 5.10 Å². The number of aromatic nitrogens is 2. The van der Waals surface area contributed by atoms with Gasteiger partial charge in [-0.05, 0) is 4.92 Å². The molecule has 0 aromatic carbocycles. The highest BCUT2D eigenvalue weighted by Gasteiger charge is 2.15. The first-order valence-electron chi connectivity index (χ1n) is 3.74. The van der Waals surface area contributed by atoms with Gasteiger partial charge in [0.25, 0.3) is 5.91 Å². The van der Waals surface area contributed by atoms with Crippen LogP contribution in [-0.2, 0) is 0 Å². The van der Waals surface area contributed by atoms with Crippen molar-refractivity contribution in [2.45, 2.75) is 0 Å². The first kappa shape index (κ1) is 10.5. The number of carbonyl (C=O) groups is 1. The minimum absolute atomic E-state index is 0.00140. The third-order valence-corrected chi connectivity index (χ3v) is 1.61. The van der Waals surface area contributed by atoms with Gasteiger partial charge in [-0.15, -0.1) is 5.10 Å². The molecule has 8 heteroatoms. The number of rotatable bonds is 4. The second-order valence-corrected chi connectivity index (χ2v) is 2.82. The van der Waals surface area contributed by atoms with Gasteiger partial charge in [-0.2, -0.15) is 12.6 Å². The van der Waals surface area contributed by atoms with Crippen molar-refractivity contribution >= 4 is 24.4 Å². The summed E-state index contributed by atoms with van der Waals surface area (Å²) in [6.45, 7) is 0.391. The van der Waals surface area contributed by atoms with Crippen molar-refractivity contribution in [2.75, 3.05) is 12.3 Å². The van der Waals surface area contributed by atoms with Gasteiger partial charge >= 0.3 is 5.82 Å². The summed E-state index contributed by atoms with van der Waals surface area (Å²) in [7, 11) is 0. The first-order chi connectivity index (χ1) is 6.65. The predicted octanol–water partition coefficient (Wildman–Crippen LogP) is -0.0225. The van der Waals surface area contributed by atoms with Gasteiger partial charge < -0.3 is 15.4 Å². The molecule has 14 heavy (non-hydrogen) atoms. The van der Waals surface area contributed by atoms with Gasteiger partial charge in [0.05, 0.1) is 6.07 Å². The molecule has 0 aliphatic carbocycles. The molecule has 0 radical (unpaired) electrons. The second-order valence-electron chi connectivity index (χ2n) is 2.38. The fourth-order valence-corrected chi connectivity index (χ4v) is 0.893. The molecule has 1 amide bonds. The highest BCUT2D eigenvalue weighted by Crippen LogP contribution is 2.07. The van der Waals surface area contributed by atoms with Crippen molar-refractivity contribution in [3.8, 4) is 0 Å². The zero-order chi connectivity index (χ0) is 10.6. The second kappa shape index (κ2) is 4.61. The van der Waals surface area contributed by atoms with Crippen LogP contribution in [0.25, 0.3) is 0 Å². The molecule has 76 valence electrons. The van der Waals surface area contributed by atoms with Crippen LogP contribution in [0.4, 0.5) is 5.82 Å². The Morgan fingerprint density at radius 2 is 2.50 bits per heavy atom. The molecule has 1 aromatic rings. The van der Waals surface area contributed by atoms with E-state index in [1.807, 2.05) is 0 Å². The van der Waals surface area contributed by atoms with E-state index in [1.165, 1.54) is 0 Å². The Hall–Kier alpha value is -1.57. The highest BCUT2D eigenvalue weighted by atomic mass is 32.1. The molecule has 0 bridgehead atoms. The third kappa shape index (κ3) is 2.46. The standard InChI is InChI=1S/C6H8N4O3S/c11-6(7-1-2-14)4-3-5(9-8-4)10(12)13/h3,14H,1-2H2,(H,7,11)(H,8,9). The molecular weight excluding hydrogens is 208 g/mol. The summed E-state index contributed by atoms with van der Waals surface area (Å²) in [5.74, 6) is -0.262. The van der Waals surface area contributed by atoms with Crippen LogP contribution in [0.15, 0.2) is 6.07 Å². The number of H-pyrrole nitrogens is 1. The van der Waals surface area contributed by atoms with E-state index < -0.39 is 10.8 Å². The Kier molecular flexibility index (Phi) is 3.46. The third-order valence-electron chi connectivity index (χ3n) is 1.39. The van der Waals surface area contributed by atoms with Crippen molar-refractivity contribution in [1.82, 2.24) is 15.5 Å². The van der Waals surface area contributed by atoms with Crippen LogP contribution in [0.2, 0.25) is 0 Å². The van der Waals surface area contributed by atoms with Gasteiger partial charge in [0.15, 0.2) is 5.69 Å². The molecule has 0 fully saturated rings. The molecule has 2 N–H and O–H groups in total. The number of carbonyl (C=O) groups excluding carboxylic acids is 1. The number of hydrogen-bond donors (Lipinski definition) is 3. The monoisotopic (exact) mass is 216 g/mol. The SMILES string of the molecule is O=C(NCCS)c1cc([N+](=O)[O-])[nH]n1. The summed E-state index contributed by atoms with van der Waals surface area (Å²) >= 11 is 3.89. The molecule has 0 atom stereocenters. The summed E-state index contributed by atoms with van der Waals surface area (Å²) in [6, 6.07) is 1.08. The summed E-state index contributed by atoms with van der Waals surface area (Å²) in [5, 5.41) is 18.3. The molecule has 1 rings (SSSR count). The van der Waals surface area contributed by atoms with Crippen LogP contribution in [0.1, 0.15) is 10.5 Å². The number of thiol groups is 1. The normalized spacial score (nSPS) is 9.79. The summed E-state index contributed by atoms with van der Waals surface area (Å²) < 4.78 is 0. The number of aromatic amines is 1. The van der Waals surface area contributed by atoms with Crippen LogP contribution in [-0.4, -0.2) is 33.3 Å². The van der Waals surface area contributed by atoms with Gasteiger partial charge in [-0.3, -0.25) is 4.79 Å². The number of nitrogens with zero attached hydrogens (tertiary/aromatic N) is 2. The van der Waals surface area contributed by atoms with Crippen LogP contribution in [0, 0.1) is 10.1 Å². The number of hydrogen-bond acceptors (Lipinski definition) is 5. The molecular formula is C6H8N4O3S. The van der Waals surface area contributed by atoms with E-state index in [-0.39, 0.29) is 11.5 Å². The molecule has 7 nitrogen and oxygen atoms in total. The maximum absolute atomic E-state index is 11.2. The Morgan fingerprint density at radius 3 is 3.00 bits per heavy atom. The minimum Gasteiger partial charge on any atom is -0.358 e. The van der Waals surface area contributed by atoms with Crippen LogP contribution >= 0.6 is 12.6 Å². The van der Waals surface area contributed by atoms with Crippen molar-refractivity contribution < 1.29 is 9.72 Å². The lowest BCUT2D eigenvalue weighted by atomic mass is 10.4. The Morgan fingerprint density at radius 1 is 1.79 bits per heavy atom. The Bertz CT molecular complexity index is 351. The van der Waals surface area contributed by atoms with E-state index in [0.29, 0.717) is 12.3 Å². The van der Waals surface area contributed by atoms with Crippen molar-refractivity contribution in [2.24, 2.45) is 0 Å². The molecule has 0 aliphatic heterocycles. The van der Waals surface area contributed by atoms with E-state index in [2.05, 4.69) is 28.1 Å². The zero-order valence-corrected chi connectivity index (χ0v) is 7.95. The van der Waals surface area contributed by atoms with Gasteiger partial charge in [0.2, 0.25) is 0 Å². The fourth-order valence-electron chi connectivity index (χ4n) is 0.781. The first-order valence-corrected chi connectivity index (χ1v) is 4.37. The summed E-state index contributed by atoms with van der Waals surface area (Å²) in [4.78, 5) is 20.8. The van der Waals surface area contributed by atoms with Crippen molar-refractivity contribution in [3.05, 3.63) is 21.9 Å². The van der Waals surface area contributed by atoms with Gasteiger partial charge in [-0.25, -0.2) is 0 Å². The Labute approximate surface area is 84.4 Å². The maximum atomic E-state index is 11.2. The topological polar surface area (TPSA) is 101 Å². The summed E-state index contributed by atoms with van der Waals surface area (Å²) in [5.41, 5.74) is -0.00140. The van der Waals surface area contributed by atoms with Crippen molar-refractivity contribution in [3.63, 3.8) is 0 Å². The molecule has 0 saturated heterocycles. The maximum Gasteiger partial charge on any atom is 0.343 e. The molecule has 0 unspecified atom stereocenters. The predicted molar refractivity (Wildman–Crippen MR) is 51.4 cm³/mol. The summed E-state index contributed by atoms with van der Waals surface area (Å²) in [6.07, 6.45) is 0. The molecule has 0 spiro atoms. The smallest absolute Gasteiger partial charge is 0.343 e. The van der Waals surface area contributed by atoms with Gasteiger partial charge in [0.1, 0.15) is 0 Å². The van der Waals surface area contributed by atoms with E-state index in [4.69, 9.17) is 0 Å². The van der Waals surface area contributed by atoms with Crippen LogP contribution in [0.3, 0.4) is 0 Å². The number of amides is 1. The molecule has 1 heterocycles. The molecule has 1 aromatic heterocycles. The highest BCUT2D eigenvalue weighted by molar-refractivity contribution is 7.80. The largest absolute Gasteiger partial charge is 0.358 e. The number of nitrogens with one attached hydrogen (secondary N) is 2. The molecule has 0 saturated carbocycles. The average molecular weight is 216 g/mol. The van der Waals surface area contributed by atoms with E-state index in [1.54, 1.807) is 0 Å². The van der Waals surface area contributed by atoms with Gasteiger partial charge in [0, 0.05) is 12.3 Å². The lowest BCUT2D eigenvalue weighted by molar-refractivity contribution is -0.389. The van der Waals surface area contributed by atoms with Crippen molar-refractivity contribution in [1.29, 1.82) is 0 Å². The minimum atomic E-state index is -0.650. The number of nitro groups is 1. The average Bonchev–Trinajstić information content (AvgIpc) is 2.62. The quantitative estimate of drug-likeness (QED) is 0.374. The lowest BCUT2D eigenvalue weighted by Crippen LogP contribution is -2.25. The lowest BCUT2D eigenvalue weighted by Gasteiger charge is -1.96. The zero-order valence-electron chi connectivity index (χ0n) is 7.06. The van der Waals surface area contributed by atoms with Crippen LogP contribution in [0.5, 0.6) is 0 Å². The van der Waals surface area contributed by atoms with E-state index in [9.17, 15) is 14.9 Å². The van der Waals surface area contributed by atoms with Crippen LogP contribution < -0.4 is 5.32 Å². The fraction of sp³-hybridized carbons (Fsp3) is 0.333.